The molecule has 0 aliphatic heterocycles. The summed E-state index contributed by atoms with van der Waals surface area (Å²) in [5, 5.41) is 2.97. The first-order valence-electron chi connectivity index (χ1n) is 6.57. The Morgan fingerprint density at radius 1 is 1.15 bits per heavy atom. The summed E-state index contributed by atoms with van der Waals surface area (Å²) in [6.45, 7) is 4.22. The van der Waals surface area contributed by atoms with Gasteiger partial charge in [-0.2, -0.15) is 0 Å². The van der Waals surface area contributed by atoms with Crippen LogP contribution in [0.25, 0.3) is 10.9 Å². The third-order valence-corrected chi connectivity index (χ3v) is 4.15. The third kappa shape index (κ3) is 2.41. The number of fused-ring (bicyclic) bond motifs is 1. The largest absolute Gasteiger partial charge is 0.329 e. The molecule has 0 unspecified atom stereocenters. The molecule has 0 fully saturated rings. The third-order valence-electron chi connectivity index (χ3n) is 3.07. The number of para-hydroxylation sites is 1. The Morgan fingerprint density at radius 3 is 2.65 bits per heavy atom. The Kier molecular flexibility index (Phi) is 3.44. The lowest BCUT2D eigenvalue weighted by Gasteiger charge is -2.10. The summed E-state index contributed by atoms with van der Waals surface area (Å²) < 4.78 is 2.00. The highest BCUT2D eigenvalue weighted by molar-refractivity contribution is 7.99. The molecule has 0 N–H and O–H groups in total. The summed E-state index contributed by atoms with van der Waals surface area (Å²) in [6, 6.07) is 8.12. The molecular weight excluding hydrogens is 268 g/mol. The van der Waals surface area contributed by atoms with Crippen LogP contribution in [0, 0.1) is 0 Å². The summed E-state index contributed by atoms with van der Waals surface area (Å²) in [6.07, 6.45) is 3.74. The molecule has 0 saturated heterocycles. The molecule has 2 aromatic heterocycles. The predicted molar refractivity (Wildman–Crippen MR) is 81.0 cm³/mol. The zero-order chi connectivity index (χ0) is 14.1. The summed E-state index contributed by atoms with van der Waals surface area (Å²) in [4.78, 5) is 13.7. The van der Waals surface area contributed by atoms with Gasteiger partial charge in [-0.1, -0.05) is 32.0 Å². The fraction of sp³-hybridized carbons (Fsp3) is 0.267. The molecule has 0 radical (unpaired) electrons. The topological polar surface area (TPSA) is 43.6 Å². The highest BCUT2D eigenvalue weighted by Crippen LogP contribution is 2.31. The monoisotopic (exact) mass is 284 g/mol. The van der Waals surface area contributed by atoms with Gasteiger partial charge in [0.1, 0.15) is 10.9 Å². The van der Waals surface area contributed by atoms with Gasteiger partial charge in [-0.15, -0.1) is 0 Å². The standard InChI is InChI=1S/C15H16N4S/c1-10(2)13-17-12-7-5-4-6-11(12)14(18-13)20-15-16-8-9-19(15)3/h4-10H,1-3H3. The van der Waals surface area contributed by atoms with E-state index in [2.05, 4.69) is 29.9 Å². The Hall–Kier alpha value is -1.88. The van der Waals surface area contributed by atoms with Gasteiger partial charge < -0.3 is 4.57 Å². The zero-order valence-electron chi connectivity index (χ0n) is 11.7. The highest BCUT2D eigenvalue weighted by Gasteiger charge is 2.12. The quantitative estimate of drug-likeness (QED) is 0.689. The van der Waals surface area contributed by atoms with Crippen molar-refractivity contribution in [3.05, 3.63) is 42.5 Å². The predicted octanol–water partition coefficient (Wildman–Crippen LogP) is 3.64. The van der Waals surface area contributed by atoms with E-state index in [-0.39, 0.29) is 0 Å². The van der Waals surface area contributed by atoms with E-state index in [1.165, 1.54) is 0 Å². The van der Waals surface area contributed by atoms with E-state index in [1.807, 2.05) is 36.0 Å². The molecule has 2 heterocycles. The van der Waals surface area contributed by atoms with E-state index >= 15 is 0 Å². The van der Waals surface area contributed by atoms with Crippen LogP contribution in [0.1, 0.15) is 25.6 Å². The van der Waals surface area contributed by atoms with Crippen molar-refractivity contribution in [2.24, 2.45) is 7.05 Å². The average Bonchev–Trinajstić information content (AvgIpc) is 2.84. The molecular formula is C15H16N4S. The molecule has 3 aromatic rings. The molecule has 0 aliphatic carbocycles. The van der Waals surface area contributed by atoms with Crippen LogP contribution in [0.15, 0.2) is 46.8 Å². The van der Waals surface area contributed by atoms with Crippen LogP contribution in [0.4, 0.5) is 0 Å². The number of rotatable bonds is 3. The normalized spacial score (nSPS) is 11.4. The molecule has 3 rings (SSSR count). The van der Waals surface area contributed by atoms with Gasteiger partial charge in [0, 0.05) is 30.7 Å². The fourth-order valence-corrected chi connectivity index (χ4v) is 2.85. The van der Waals surface area contributed by atoms with Gasteiger partial charge in [0.05, 0.1) is 5.52 Å². The number of hydrogen-bond acceptors (Lipinski definition) is 4. The number of aromatic nitrogens is 4. The molecule has 0 bridgehead atoms. The highest BCUT2D eigenvalue weighted by atomic mass is 32.2. The SMILES string of the molecule is CC(C)c1nc(Sc2nccn2C)c2ccccc2n1. The van der Waals surface area contributed by atoms with Gasteiger partial charge in [-0.25, -0.2) is 15.0 Å². The molecule has 1 aromatic carbocycles. The Labute approximate surface area is 122 Å². The van der Waals surface area contributed by atoms with Crippen molar-refractivity contribution in [3.8, 4) is 0 Å². The number of hydrogen-bond donors (Lipinski definition) is 0. The second kappa shape index (κ2) is 5.25. The van der Waals surface area contributed by atoms with Crippen LogP contribution < -0.4 is 0 Å². The molecule has 4 nitrogen and oxygen atoms in total. The maximum Gasteiger partial charge on any atom is 0.174 e. The van der Waals surface area contributed by atoms with Crippen molar-refractivity contribution in [3.63, 3.8) is 0 Å². The first kappa shape index (κ1) is 13.1. The molecule has 0 saturated carbocycles. The van der Waals surface area contributed by atoms with Crippen LogP contribution in [-0.4, -0.2) is 19.5 Å². The molecule has 102 valence electrons. The minimum Gasteiger partial charge on any atom is -0.329 e. The van der Waals surface area contributed by atoms with Crippen LogP contribution in [0.2, 0.25) is 0 Å². The van der Waals surface area contributed by atoms with E-state index in [0.29, 0.717) is 5.92 Å². The van der Waals surface area contributed by atoms with Gasteiger partial charge in [0.25, 0.3) is 0 Å². The molecule has 0 aliphatic rings. The van der Waals surface area contributed by atoms with Crippen molar-refractivity contribution < 1.29 is 0 Å². The summed E-state index contributed by atoms with van der Waals surface area (Å²) in [5.41, 5.74) is 0.989. The molecule has 5 heteroatoms. The van der Waals surface area contributed by atoms with Crippen molar-refractivity contribution in [1.82, 2.24) is 19.5 Å². The van der Waals surface area contributed by atoms with Crippen molar-refractivity contribution in [2.45, 2.75) is 29.9 Å². The van der Waals surface area contributed by atoms with E-state index < -0.39 is 0 Å². The zero-order valence-corrected chi connectivity index (χ0v) is 12.6. The maximum atomic E-state index is 4.71. The van der Waals surface area contributed by atoms with Crippen LogP contribution >= 0.6 is 11.8 Å². The lowest BCUT2D eigenvalue weighted by molar-refractivity contribution is 0.761. The molecule has 0 atom stereocenters. The van der Waals surface area contributed by atoms with Gasteiger partial charge in [-0.05, 0) is 17.8 Å². The van der Waals surface area contributed by atoms with Gasteiger partial charge in [0.2, 0.25) is 0 Å². The Morgan fingerprint density at radius 2 is 1.95 bits per heavy atom. The number of imidazole rings is 1. The van der Waals surface area contributed by atoms with Crippen molar-refractivity contribution in [1.29, 1.82) is 0 Å². The maximum absolute atomic E-state index is 4.71. The lowest BCUT2D eigenvalue weighted by atomic mass is 10.2. The minimum absolute atomic E-state index is 0.306. The van der Waals surface area contributed by atoms with Crippen molar-refractivity contribution >= 4 is 22.7 Å². The lowest BCUT2D eigenvalue weighted by Crippen LogP contribution is -2.00. The minimum atomic E-state index is 0.306. The smallest absolute Gasteiger partial charge is 0.174 e. The summed E-state index contributed by atoms with van der Waals surface area (Å²) in [5.74, 6) is 1.18. The van der Waals surface area contributed by atoms with Gasteiger partial charge in [0.15, 0.2) is 5.16 Å². The van der Waals surface area contributed by atoms with Crippen LogP contribution in [0.3, 0.4) is 0 Å². The van der Waals surface area contributed by atoms with Crippen LogP contribution in [-0.2, 0) is 7.05 Å². The van der Waals surface area contributed by atoms with Gasteiger partial charge in [-0.3, -0.25) is 0 Å². The summed E-state index contributed by atoms with van der Waals surface area (Å²) >= 11 is 1.58. The number of aryl methyl sites for hydroxylation is 1. The first-order chi connectivity index (χ1) is 9.65. The number of benzene rings is 1. The fourth-order valence-electron chi connectivity index (χ4n) is 1.94. The van der Waals surface area contributed by atoms with Crippen molar-refractivity contribution in [2.75, 3.05) is 0 Å². The van der Waals surface area contributed by atoms with Gasteiger partial charge >= 0.3 is 0 Å². The molecule has 0 amide bonds. The average molecular weight is 284 g/mol. The first-order valence-corrected chi connectivity index (χ1v) is 7.38. The Balaban J connectivity index is 2.14. The van der Waals surface area contributed by atoms with Crippen LogP contribution in [0.5, 0.6) is 0 Å². The molecule has 0 spiro atoms. The summed E-state index contributed by atoms with van der Waals surface area (Å²) in [7, 11) is 1.99. The number of nitrogens with zero attached hydrogens (tertiary/aromatic N) is 4. The van der Waals surface area contributed by atoms with E-state index in [9.17, 15) is 0 Å². The molecule has 20 heavy (non-hydrogen) atoms. The second-order valence-corrected chi connectivity index (χ2v) is 5.94. The van der Waals surface area contributed by atoms with E-state index in [0.717, 1.165) is 26.9 Å². The second-order valence-electron chi connectivity index (χ2n) is 4.98. The van der Waals surface area contributed by atoms with E-state index in [1.54, 1.807) is 18.0 Å². The van der Waals surface area contributed by atoms with E-state index in [4.69, 9.17) is 4.98 Å². The Bertz CT molecular complexity index is 748.